The average molecular weight is 570 g/mol. The molecule has 0 bridgehead atoms. The minimum Gasteiger partial charge on any atom is -0.484 e. The van der Waals surface area contributed by atoms with E-state index in [1.807, 2.05) is 19.2 Å². The predicted molar refractivity (Wildman–Crippen MR) is 145 cm³/mol. The molecule has 0 aliphatic carbocycles. The summed E-state index contributed by atoms with van der Waals surface area (Å²) in [5.41, 5.74) is 1.94. The molecule has 0 radical (unpaired) electrons. The number of ether oxygens (including phenoxy) is 2. The molecule has 1 amide bonds. The third-order valence-corrected chi connectivity index (χ3v) is 9.97. The fraction of sp³-hybridized carbons (Fsp3) is 0.520. The Morgan fingerprint density at radius 2 is 1.95 bits per heavy atom. The van der Waals surface area contributed by atoms with Gasteiger partial charge in [-0.2, -0.15) is 0 Å². The quantitative estimate of drug-likeness (QED) is 0.490. The minimum absolute atomic E-state index is 0.0674. The number of H-pyrrole nitrogens is 1. The lowest BCUT2D eigenvalue weighted by atomic mass is 9.91. The molecule has 9 nitrogen and oxygen atoms in total. The lowest BCUT2D eigenvalue weighted by molar-refractivity contribution is 0.0290. The number of carbonyl (C=O) groups excluding carboxylic acids is 1. The molecule has 1 saturated heterocycles. The van der Waals surface area contributed by atoms with E-state index < -0.39 is 10.0 Å². The number of nitrogens with zero attached hydrogens (tertiary/aromatic N) is 1. The number of aryl methyl sites for hydroxylation is 1. The van der Waals surface area contributed by atoms with Crippen molar-refractivity contribution < 1.29 is 22.7 Å². The number of amides is 1. The van der Waals surface area contributed by atoms with Gasteiger partial charge in [0.25, 0.3) is 11.5 Å². The Bertz CT molecular complexity index is 1350. The first kappa shape index (κ1) is 27.8. The summed E-state index contributed by atoms with van der Waals surface area (Å²) in [5.74, 6) is 0.657. The number of nitrogens with one attached hydrogen (secondary N) is 2. The van der Waals surface area contributed by atoms with Crippen molar-refractivity contribution in [2.75, 3.05) is 31.7 Å². The Kier molecular flexibility index (Phi) is 8.47. The normalized spacial score (nSPS) is 18.6. The first-order valence-corrected chi connectivity index (χ1v) is 15.4. The zero-order valence-electron chi connectivity index (χ0n) is 21.4. The van der Waals surface area contributed by atoms with Crippen molar-refractivity contribution in [2.24, 2.45) is 5.92 Å². The zero-order valence-corrected chi connectivity index (χ0v) is 23.7. The number of thioether (sulfide) groups is 1. The fourth-order valence-electron chi connectivity index (χ4n) is 4.80. The molecule has 1 aromatic carbocycles. The van der Waals surface area contributed by atoms with Crippen LogP contribution in [-0.2, 0) is 16.6 Å². The van der Waals surface area contributed by atoms with Crippen molar-refractivity contribution in [1.29, 1.82) is 0 Å². The van der Waals surface area contributed by atoms with E-state index in [1.165, 1.54) is 16.1 Å². The third kappa shape index (κ3) is 5.79. The van der Waals surface area contributed by atoms with E-state index in [1.54, 1.807) is 19.9 Å². The number of sulfonamides is 1. The van der Waals surface area contributed by atoms with E-state index in [0.29, 0.717) is 60.7 Å². The highest BCUT2D eigenvalue weighted by Gasteiger charge is 2.36. The Morgan fingerprint density at radius 3 is 2.59 bits per heavy atom. The summed E-state index contributed by atoms with van der Waals surface area (Å²) in [7, 11) is -3.21. The molecule has 12 heteroatoms. The molecule has 0 saturated carbocycles. The van der Waals surface area contributed by atoms with E-state index >= 15 is 0 Å². The summed E-state index contributed by atoms with van der Waals surface area (Å²) in [6, 6.07) is 3.43. The van der Waals surface area contributed by atoms with Crippen molar-refractivity contribution in [1.82, 2.24) is 14.6 Å². The Labute approximate surface area is 226 Å². The van der Waals surface area contributed by atoms with Gasteiger partial charge in [-0.1, -0.05) is 11.6 Å². The first-order chi connectivity index (χ1) is 17.6. The number of hydrogen-bond donors (Lipinski definition) is 2. The Hall–Kier alpha value is -2.21. The van der Waals surface area contributed by atoms with Gasteiger partial charge in [0.1, 0.15) is 12.7 Å². The Balaban J connectivity index is 1.50. The zero-order chi connectivity index (χ0) is 26.9. The van der Waals surface area contributed by atoms with Gasteiger partial charge in [0.2, 0.25) is 10.0 Å². The smallest absolute Gasteiger partial charge is 0.254 e. The maximum absolute atomic E-state index is 13.1. The molecule has 1 fully saturated rings. The van der Waals surface area contributed by atoms with E-state index in [9.17, 15) is 18.0 Å². The average Bonchev–Trinajstić information content (AvgIpc) is 2.89. The monoisotopic (exact) mass is 569 g/mol. The van der Waals surface area contributed by atoms with Crippen LogP contribution < -0.4 is 20.3 Å². The van der Waals surface area contributed by atoms with Crippen molar-refractivity contribution >= 4 is 39.3 Å². The summed E-state index contributed by atoms with van der Waals surface area (Å²) < 4.78 is 38.2. The van der Waals surface area contributed by atoms with Crippen LogP contribution in [-0.4, -0.2) is 61.4 Å². The molecule has 4 rings (SSSR count). The number of halogens is 1. The van der Waals surface area contributed by atoms with Crippen LogP contribution in [0.2, 0.25) is 5.02 Å². The SMILES string of the molecule is CCS(=O)(=O)N1CCC([C@H]2COc3c(Cl)cc(C(=O)NCc4c(SC)cc(C)[nH]c4=O)c(C)c3O2)CC1. The molecular formula is C25H32ClN3O6S2. The molecule has 1 aromatic heterocycles. The van der Waals surface area contributed by atoms with Crippen LogP contribution in [0.25, 0.3) is 0 Å². The van der Waals surface area contributed by atoms with E-state index in [-0.39, 0.29) is 40.8 Å². The van der Waals surface area contributed by atoms with Crippen LogP contribution in [0.5, 0.6) is 11.5 Å². The summed E-state index contributed by atoms with van der Waals surface area (Å²) in [4.78, 5) is 29.2. The van der Waals surface area contributed by atoms with Crippen LogP contribution >= 0.6 is 23.4 Å². The highest BCUT2D eigenvalue weighted by atomic mass is 35.5. The number of aromatic nitrogens is 1. The van der Waals surface area contributed by atoms with Gasteiger partial charge in [0, 0.05) is 52.8 Å². The van der Waals surface area contributed by atoms with Gasteiger partial charge in [0.05, 0.1) is 10.8 Å². The van der Waals surface area contributed by atoms with Crippen molar-refractivity contribution in [3.63, 3.8) is 0 Å². The van der Waals surface area contributed by atoms with E-state index in [4.69, 9.17) is 21.1 Å². The van der Waals surface area contributed by atoms with Crippen LogP contribution in [0.3, 0.4) is 0 Å². The molecule has 202 valence electrons. The van der Waals surface area contributed by atoms with E-state index in [2.05, 4.69) is 10.3 Å². The van der Waals surface area contributed by atoms with Crippen LogP contribution in [0.4, 0.5) is 0 Å². The number of carbonyl (C=O) groups is 1. The second-order valence-electron chi connectivity index (χ2n) is 9.30. The van der Waals surface area contributed by atoms with Gasteiger partial charge in [0.15, 0.2) is 11.5 Å². The van der Waals surface area contributed by atoms with Gasteiger partial charge >= 0.3 is 0 Å². The molecule has 2 aliphatic rings. The summed E-state index contributed by atoms with van der Waals surface area (Å²) in [5, 5.41) is 3.10. The van der Waals surface area contributed by atoms with Crippen molar-refractivity contribution in [3.8, 4) is 11.5 Å². The largest absolute Gasteiger partial charge is 0.484 e. The number of pyridine rings is 1. The van der Waals surface area contributed by atoms with Crippen LogP contribution in [0.1, 0.15) is 46.9 Å². The van der Waals surface area contributed by atoms with Crippen LogP contribution in [0.15, 0.2) is 21.8 Å². The maximum Gasteiger partial charge on any atom is 0.254 e. The number of aromatic amines is 1. The fourth-order valence-corrected chi connectivity index (χ4v) is 6.89. The molecular weight excluding hydrogens is 538 g/mol. The number of fused-ring (bicyclic) bond motifs is 1. The second-order valence-corrected chi connectivity index (χ2v) is 12.8. The molecule has 0 spiro atoms. The molecule has 1 atom stereocenters. The lowest BCUT2D eigenvalue weighted by Gasteiger charge is -2.38. The van der Waals surface area contributed by atoms with Gasteiger partial charge in [-0.25, -0.2) is 12.7 Å². The molecule has 2 N–H and O–H groups in total. The second kappa shape index (κ2) is 11.3. The van der Waals surface area contributed by atoms with Crippen LogP contribution in [0, 0.1) is 19.8 Å². The Morgan fingerprint density at radius 1 is 1.24 bits per heavy atom. The van der Waals surface area contributed by atoms with Crippen molar-refractivity contribution in [3.05, 3.63) is 49.9 Å². The van der Waals surface area contributed by atoms with E-state index in [0.717, 1.165) is 10.6 Å². The number of rotatable bonds is 7. The first-order valence-electron chi connectivity index (χ1n) is 12.2. The number of benzene rings is 1. The number of hydrogen-bond acceptors (Lipinski definition) is 7. The lowest BCUT2D eigenvalue weighted by Crippen LogP contribution is -2.45. The van der Waals surface area contributed by atoms with Gasteiger partial charge in [-0.3, -0.25) is 9.59 Å². The maximum atomic E-state index is 13.1. The molecule has 2 aliphatic heterocycles. The molecule has 3 heterocycles. The molecule has 2 aromatic rings. The summed E-state index contributed by atoms with van der Waals surface area (Å²) in [6.45, 7) is 6.51. The highest BCUT2D eigenvalue weighted by Crippen LogP contribution is 2.44. The topological polar surface area (TPSA) is 118 Å². The minimum atomic E-state index is -3.21. The third-order valence-electron chi connectivity index (χ3n) is 7.00. The van der Waals surface area contributed by atoms with Crippen molar-refractivity contribution in [2.45, 2.75) is 51.2 Å². The number of piperidine rings is 1. The highest BCUT2D eigenvalue weighted by molar-refractivity contribution is 7.98. The summed E-state index contributed by atoms with van der Waals surface area (Å²) in [6.07, 6.45) is 2.94. The summed E-state index contributed by atoms with van der Waals surface area (Å²) >= 11 is 7.92. The molecule has 37 heavy (non-hydrogen) atoms. The standard InChI is InChI=1S/C25H32ClN3O6S2/c1-5-37(32,33)29-8-6-16(7-9-29)20-13-34-23-19(26)11-17(15(3)22(23)35-20)24(30)27-12-18-21(36-4)10-14(2)28-25(18)31/h10-11,16,20H,5-9,12-13H2,1-4H3,(H,27,30)(H,28,31)/t20-/m1/s1. The van der Waals surface area contributed by atoms with Gasteiger partial charge in [-0.05, 0) is 52.0 Å². The van der Waals surface area contributed by atoms with Gasteiger partial charge in [-0.15, -0.1) is 11.8 Å². The van der Waals surface area contributed by atoms with Gasteiger partial charge < -0.3 is 19.8 Å². The predicted octanol–water partition coefficient (Wildman–Crippen LogP) is 3.50. The molecule has 0 unspecified atom stereocenters.